The molecular weight excluding hydrogens is 406 g/mol. The fourth-order valence-corrected chi connectivity index (χ4v) is 3.14. The Morgan fingerprint density at radius 1 is 1.29 bits per heavy atom. The molecule has 0 bridgehead atoms. The van der Waals surface area contributed by atoms with Crippen LogP contribution in [0.4, 0.5) is 26.1 Å². The van der Waals surface area contributed by atoms with Gasteiger partial charge in [0.05, 0.1) is 12.3 Å². The van der Waals surface area contributed by atoms with Gasteiger partial charge in [-0.2, -0.15) is 10.5 Å². The van der Waals surface area contributed by atoms with Gasteiger partial charge in [0.25, 0.3) is 0 Å². The number of pyridine rings is 1. The third kappa shape index (κ3) is 4.26. The van der Waals surface area contributed by atoms with Gasteiger partial charge >= 0.3 is 0 Å². The molecule has 0 saturated carbocycles. The molecule has 1 aliphatic rings. The van der Waals surface area contributed by atoms with Gasteiger partial charge in [-0.1, -0.05) is 13.8 Å². The van der Waals surface area contributed by atoms with Gasteiger partial charge in [-0.25, -0.2) is 18.8 Å². The highest BCUT2D eigenvalue weighted by Gasteiger charge is 2.33. The van der Waals surface area contributed by atoms with Gasteiger partial charge in [0.15, 0.2) is 17.8 Å². The maximum Gasteiger partial charge on any atom is 0.211 e. The van der Waals surface area contributed by atoms with Crippen molar-refractivity contribution < 1.29 is 13.5 Å². The number of benzene rings is 1. The van der Waals surface area contributed by atoms with Gasteiger partial charge < -0.3 is 21.5 Å². The number of hydrogen-bond donors (Lipinski definition) is 4. The summed E-state index contributed by atoms with van der Waals surface area (Å²) >= 11 is 0. The number of nitriles is 2. The fourth-order valence-electron chi connectivity index (χ4n) is 3.14. The van der Waals surface area contributed by atoms with E-state index in [0.29, 0.717) is 18.4 Å². The second kappa shape index (κ2) is 8.71. The zero-order valence-electron chi connectivity index (χ0n) is 16.8. The topological polar surface area (TPSA) is 158 Å². The molecule has 1 atom stereocenters. The van der Waals surface area contributed by atoms with Crippen LogP contribution in [0.25, 0.3) is 0 Å². The molecule has 1 aliphatic heterocycles. The Balaban J connectivity index is 2.22. The molecule has 11 heteroatoms. The SMILES string of the molecule is CC(C)CCOc1c(F)cc(F)cc1C1N=C(NC#N)Nc2nc(N)c(C#N)c(N)c21. The lowest BCUT2D eigenvalue weighted by molar-refractivity contribution is 0.272. The van der Waals surface area contributed by atoms with Crippen LogP contribution in [0.5, 0.6) is 5.75 Å². The normalized spacial score (nSPS) is 14.7. The van der Waals surface area contributed by atoms with Crippen molar-refractivity contribution >= 4 is 23.3 Å². The molecule has 0 amide bonds. The monoisotopic (exact) mass is 426 g/mol. The number of halogens is 2. The number of ether oxygens (including phenoxy) is 1. The van der Waals surface area contributed by atoms with Crippen molar-refractivity contribution in [3.63, 3.8) is 0 Å². The van der Waals surface area contributed by atoms with Crippen LogP contribution < -0.4 is 26.8 Å². The average Bonchev–Trinajstić information content (AvgIpc) is 2.68. The lowest BCUT2D eigenvalue weighted by Gasteiger charge is -2.27. The predicted octanol–water partition coefficient (Wildman–Crippen LogP) is 2.76. The van der Waals surface area contributed by atoms with E-state index in [9.17, 15) is 14.0 Å². The van der Waals surface area contributed by atoms with E-state index < -0.39 is 17.7 Å². The minimum absolute atomic E-state index is 0.0309. The first kappa shape index (κ1) is 21.6. The van der Waals surface area contributed by atoms with Crippen LogP contribution in [0, 0.1) is 40.3 Å². The number of nitrogens with two attached hydrogens (primary N) is 2. The highest BCUT2D eigenvalue weighted by atomic mass is 19.1. The summed E-state index contributed by atoms with van der Waals surface area (Å²) in [5, 5.41) is 23.5. The molecule has 3 rings (SSSR count). The van der Waals surface area contributed by atoms with Gasteiger partial charge in [0.1, 0.15) is 35.1 Å². The number of anilines is 3. The van der Waals surface area contributed by atoms with E-state index in [4.69, 9.17) is 21.5 Å². The summed E-state index contributed by atoms with van der Waals surface area (Å²) in [5.74, 6) is -1.73. The average molecular weight is 426 g/mol. The molecule has 0 aliphatic carbocycles. The van der Waals surface area contributed by atoms with Crippen molar-refractivity contribution in [2.24, 2.45) is 10.9 Å². The number of nitrogens with one attached hydrogen (secondary N) is 2. The zero-order chi connectivity index (χ0) is 22.7. The van der Waals surface area contributed by atoms with Crippen LogP contribution in [0.2, 0.25) is 0 Å². The van der Waals surface area contributed by atoms with E-state index >= 15 is 0 Å². The maximum absolute atomic E-state index is 14.7. The molecule has 2 aromatic rings. The zero-order valence-corrected chi connectivity index (χ0v) is 16.8. The first-order valence-electron chi connectivity index (χ1n) is 9.37. The first-order valence-corrected chi connectivity index (χ1v) is 9.37. The molecule has 0 saturated heterocycles. The quantitative estimate of drug-likeness (QED) is 0.420. The van der Waals surface area contributed by atoms with Crippen LogP contribution in [0.15, 0.2) is 17.1 Å². The first-order chi connectivity index (χ1) is 14.8. The Morgan fingerprint density at radius 3 is 2.68 bits per heavy atom. The van der Waals surface area contributed by atoms with E-state index in [0.717, 1.165) is 6.07 Å². The van der Waals surface area contributed by atoms with Crippen LogP contribution >= 0.6 is 0 Å². The summed E-state index contributed by atoms with van der Waals surface area (Å²) in [6, 6.07) is 2.53. The molecule has 0 radical (unpaired) electrons. The third-order valence-corrected chi connectivity index (χ3v) is 4.63. The number of aliphatic imine (C=N–C) groups is 1. The summed E-state index contributed by atoms with van der Waals surface area (Å²) in [6.45, 7) is 4.16. The van der Waals surface area contributed by atoms with Crippen molar-refractivity contribution in [2.75, 3.05) is 23.4 Å². The minimum atomic E-state index is -1.12. The van der Waals surface area contributed by atoms with Crippen molar-refractivity contribution in [1.29, 1.82) is 10.5 Å². The highest BCUT2D eigenvalue weighted by molar-refractivity contribution is 5.98. The lowest BCUT2D eigenvalue weighted by Crippen LogP contribution is -2.33. The number of rotatable bonds is 5. The lowest BCUT2D eigenvalue weighted by atomic mass is 9.94. The van der Waals surface area contributed by atoms with E-state index in [1.807, 2.05) is 19.9 Å². The van der Waals surface area contributed by atoms with Crippen LogP contribution in [0.1, 0.15) is 43.0 Å². The van der Waals surface area contributed by atoms with Crippen LogP contribution in [-0.4, -0.2) is 17.6 Å². The van der Waals surface area contributed by atoms with Gasteiger partial charge in [-0.15, -0.1) is 0 Å². The third-order valence-electron chi connectivity index (χ3n) is 4.63. The van der Waals surface area contributed by atoms with E-state index in [1.54, 1.807) is 6.19 Å². The largest absolute Gasteiger partial charge is 0.490 e. The van der Waals surface area contributed by atoms with Crippen LogP contribution in [-0.2, 0) is 0 Å². The number of fused-ring (bicyclic) bond motifs is 1. The van der Waals surface area contributed by atoms with Gasteiger partial charge in [-0.3, -0.25) is 5.32 Å². The predicted molar refractivity (Wildman–Crippen MR) is 111 cm³/mol. The molecule has 6 N–H and O–H groups in total. The van der Waals surface area contributed by atoms with Crippen molar-refractivity contribution in [3.05, 3.63) is 40.5 Å². The molecule has 9 nitrogen and oxygen atoms in total. The number of guanidine groups is 1. The molecule has 1 unspecified atom stereocenters. The summed E-state index contributed by atoms with van der Waals surface area (Å²) in [4.78, 5) is 8.44. The van der Waals surface area contributed by atoms with Crippen LogP contribution in [0.3, 0.4) is 0 Å². The molecule has 2 heterocycles. The molecule has 160 valence electrons. The van der Waals surface area contributed by atoms with Gasteiger partial charge in [0.2, 0.25) is 5.96 Å². The van der Waals surface area contributed by atoms with Crippen molar-refractivity contribution in [3.8, 4) is 18.0 Å². The van der Waals surface area contributed by atoms with Crippen molar-refractivity contribution in [1.82, 2.24) is 10.3 Å². The minimum Gasteiger partial charge on any atom is -0.490 e. The number of nitrogen functional groups attached to an aromatic ring is 2. The summed E-state index contributed by atoms with van der Waals surface area (Å²) < 4.78 is 34.6. The second-order valence-corrected chi connectivity index (χ2v) is 7.24. The van der Waals surface area contributed by atoms with Crippen molar-refractivity contribution in [2.45, 2.75) is 26.3 Å². The Morgan fingerprint density at radius 2 is 2.03 bits per heavy atom. The van der Waals surface area contributed by atoms with E-state index in [1.165, 1.54) is 0 Å². The van der Waals surface area contributed by atoms with E-state index in [2.05, 4.69) is 20.6 Å². The number of nitrogens with zero attached hydrogens (tertiary/aromatic N) is 4. The molecule has 1 aromatic carbocycles. The molecule has 1 aromatic heterocycles. The summed E-state index contributed by atoms with van der Waals surface area (Å²) in [6.07, 6.45) is 2.35. The Hall–Kier alpha value is -4.12. The standard InChI is InChI=1S/C20H20F2N8O/c1-9(2)3-4-31-17-11(5-10(21)6-13(17)22)16-14-15(25)12(7-23)18(26)29-19(14)30-20(28-16)27-8-24/h5-6,9,16H,3-4H2,1-2H3,(H6,25,26,27,28,29,30). The number of aromatic nitrogens is 1. The fraction of sp³-hybridized carbons (Fsp3) is 0.300. The summed E-state index contributed by atoms with van der Waals surface area (Å²) in [5.41, 5.74) is 12.1. The Bertz CT molecular complexity index is 1130. The summed E-state index contributed by atoms with van der Waals surface area (Å²) in [7, 11) is 0. The molecule has 31 heavy (non-hydrogen) atoms. The maximum atomic E-state index is 14.7. The smallest absolute Gasteiger partial charge is 0.211 e. The highest BCUT2D eigenvalue weighted by Crippen LogP contribution is 2.44. The molecular formula is C20H20F2N8O. The number of hydrogen-bond acceptors (Lipinski definition) is 9. The molecule has 0 spiro atoms. The Labute approximate surface area is 177 Å². The second-order valence-electron chi connectivity index (χ2n) is 7.24. The Kier molecular flexibility index (Phi) is 6.07. The van der Waals surface area contributed by atoms with E-state index in [-0.39, 0.29) is 52.3 Å². The molecule has 0 fully saturated rings. The van der Waals surface area contributed by atoms with Gasteiger partial charge in [0, 0.05) is 17.2 Å². The van der Waals surface area contributed by atoms with Gasteiger partial charge in [-0.05, 0) is 18.4 Å².